The van der Waals surface area contributed by atoms with E-state index in [9.17, 15) is 0 Å². The minimum Gasteiger partial charge on any atom is -0.309 e. The molecule has 13 rings (SSSR count). The summed E-state index contributed by atoms with van der Waals surface area (Å²) in [6.07, 6.45) is 0. The molecule has 0 amide bonds. The van der Waals surface area contributed by atoms with Gasteiger partial charge in [-0.25, -0.2) is 15.0 Å². The smallest absolute Gasteiger partial charge is 0.160 e. The van der Waals surface area contributed by atoms with Crippen LogP contribution in [0, 0.1) is 0 Å². The summed E-state index contributed by atoms with van der Waals surface area (Å²) in [5.74, 6) is 0.703. The molecule has 0 spiro atoms. The summed E-state index contributed by atoms with van der Waals surface area (Å²) in [6, 6.07) is 78.2. The summed E-state index contributed by atoms with van der Waals surface area (Å²) >= 11 is 0. The lowest BCUT2D eigenvalue weighted by Gasteiger charge is -2.22. The van der Waals surface area contributed by atoms with E-state index in [0.717, 1.165) is 72.4 Å². The van der Waals surface area contributed by atoms with E-state index < -0.39 is 0 Å². The molecule has 4 nitrogen and oxygen atoms in total. The van der Waals surface area contributed by atoms with Crippen molar-refractivity contribution in [3.05, 3.63) is 230 Å². The molecule has 0 saturated carbocycles. The maximum Gasteiger partial charge on any atom is 0.160 e. The Hall–Kier alpha value is -8.47. The minimum absolute atomic E-state index is 0.116. The standard InChI is InChI=1S/C62H42N4/c1-62(2)53-27-14-12-23-46(53)47-34-33-43(35-54(47)62)56-38-55(63-61(64-56)42-19-8-4-9-20-42)40-31-29-39(30-32-40)45-25-16-26-49-50-37-58-51(36-52(50)59(65-60(45)49)41-17-6-3-7-18-41)48-24-13-15-28-57(48)66(58)44-21-10-5-11-22-44/h3-38H,1-2H3. The molecule has 0 aliphatic heterocycles. The summed E-state index contributed by atoms with van der Waals surface area (Å²) in [4.78, 5) is 16.0. The summed E-state index contributed by atoms with van der Waals surface area (Å²) in [5.41, 5.74) is 18.7. The average molecular weight is 843 g/mol. The largest absolute Gasteiger partial charge is 0.309 e. The van der Waals surface area contributed by atoms with Crippen molar-refractivity contribution >= 4 is 43.5 Å². The van der Waals surface area contributed by atoms with E-state index in [1.54, 1.807) is 0 Å². The van der Waals surface area contributed by atoms with E-state index in [0.29, 0.717) is 5.82 Å². The van der Waals surface area contributed by atoms with Crippen LogP contribution >= 0.6 is 0 Å². The van der Waals surface area contributed by atoms with Crippen molar-refractivity contribution in [1.29, 1.82) is 0 Å². The molecule has 1 aliphatic carbocycles. The molecule has 9 aromatic carbocycles. The fraction of sp³-hybridized carbons (Fsp3) is 0.0484. The Labute approximate surface area is 383 Å². The number of fused-ring (bicyclic) bond motifs is 9. The lowest BCUT2D eigenvalue weighted by Crippen LogP contribution is -2.14. The summed E-state index contributed by atoms with van der Waals surface area (Å²) in [5, 5.41) is 5.85. The normalized spacial score (nSPS) is 12.8. The van der Waals surface area contributed by atoms with Gasteiger partial charge in [0.25, 0.3) is 0 Å². The number of benzene rings is 9. The molecule has 0 atom stereocenters. The molecule has 0 fully saturated rings. The Balaban J connectivity index is 0.966. The number of pyridine rings is 1. The van der Waals surface area contributed by atoms with Gasteiger partial charge in [0.2, 0.25) is 0 Å². The Morgan fingerprint density at radius 2 is 0.955 bits per heavy atom. The number of para-hydroxylation sites is 3. The number of hydrogen-bond donors (Lipinski definition) is 0. The second-order valence-corrected chi connectivity index (χ2v) is 18.0. The van der Waals surface area contributed by atoms with Gasteiger partial charge < -0.3 is 4.57 Å². The van der Waals surface area contributed by atoms with Crippen molar-refractivity contribution in [2.24, 2.45) is 0 Å². The van der Waals surface area contributed by atoms with Crippen molar-refractivity contribution in [2.45, 2.75) is 19.3 Å². The highest BCUT2D eigenvalue weighted by Crippen LogP contribution is 2.50. The third-order valence-electron chi connectivity index (χ3n) is 13.8. The quantitative estimate of drug-likeness (QED) is 0.157. The Morgan fingerprint density at radius 1 is 0.348 bits per heavy atom. The van der Waals surface area contributed by atoms with Crippen molar-refractivity contribution in [3.63, 3.8) is 0 Å². The van der Waals surface area contributed by atoms with Gasteiger partial charge in [0.15, 0.2) is 5.82 Å². The van der Waals surface area contributed by atoms with E-state index in [4.69, 9.17) is 15.0 Å². The maximum absolute atomic E-state index is 5.59. The lowest BCUT2D eigenvalue weighted by atomic mass is 9.82. The van der Waals surface area contributed by atoms with Crippen LogP contribution in [-0.2, 0) is 5.41 Å². The van der Waals surface area contributed by atoms with E-state index in [-0.39, 0.29) is 5.41 Å². The molecule has 310 valence electrons. The molecule has 0 N–H and O–H groups in total. The number of rotatable bonds is 6. The first-order chi connectivity index (χ1) is 32.5. The van der Waals surface area contributed by atoms with Crippen LogP contribution in [0.1, 0.15) is 25.0 Å². The van der Waals surface area contributed by atoms with Crippen LogP contribution in [-0.4, -0.2) is 19.5 Å². The molecular weight excluding hydrogens is 801 g/mol. The first kappa shape index (κ1) is 38.0. The predicted octanol–water partition coefficient (Wildman–Crippen LogP) is 15.9. The van der Waals surface area contributed by atoms with Crippen molar-refractivity contribution in [2.75, 3.05) is 0 Å². The van der Waals surface area contributed by atoms with Crippen molar-refractivity contribution in [1.82, 2.24) is 19.5 Å². The zero-order valence-corrected chi connectivity index (χ0v) is 36.6. The third-order valence-corrected chi connectivity index (χ3v) is 13.8. The zero-order valence-electron chi connectivity index (χ0n) is 36.6. The van der Waals surface area contributed by atoms with Gasteiger partial charge in [-0.05, 0) is 75.7 Å². The molecule has 0 radical (unpaired) electrons. The second-order valence-electron chi connectivity index (χ2n) is 18.0. The van der Waals surface area contributed by atoms with Gasteiger partial charge in [-0.1, -0.05) is 190 Å². The molecule has 4 heteroatoms. The Kier molecular flexibility index (Phi) is 8.53. The fourth-order valence-electron chi connectivity index (χ4n) is 10.5. The lowest BCUT2D eigenvalue weighted by molar-refractivity contribution is 0.660. The van der Waals surface area contributed by atoms with Crippen LogP contribution < -0.4 is 0 Å². The van der Waals surface area contributed by atoms with Gasteiger partial charge in [0.05, 0.1) is 33.6 Å². The Bertz CT molecular complexity index is 3870. The number of hydrogen-bond acceptors (Lipinski definition) is 3. The monoisotopic (exact) mass is 842 g/mol. The highest BCUT2D eigenvalue weighted by molar-refractivity contribution is 6.21. The topological polar surface area (TPSA) is 43.6 Å². The second kappa shape index (κ2) is 14.8. The average Bonchev–Trinajstić information content (AvgIpc) is 3.83. The third kappa shape index (κ3) is 5.95. The highest BCUT2D eigenvalue weighted by Gasteiger charge is 2.35. The first-order valence-corrected chi connectivity index (χ1v) is 22.7. The minimum atomic E-state index is -0.116. The van der Waals surface area contributed by atoms with Gasteiger partial charge in [0.1, 0.15) is 0 Å². The van der Waals surface area contributed by atoms with Crippen molar-refractivity contribution in [3.8, 4) is 73.1 Å². The molecule has 0 unspecified atom stereocenters. The van der Waals surface area contributed by atoms with Gasteiger partial charge >= 0.3 is 0 Å². The zero-order chi connectivity index (χ0) is 43.9. The fourth-order valence-corrected chi connectivity index (χ4v) is 10.5. The Morgan fingerprint density at radius 3 is 1.74 bits per heavy atom. The van der Waals surface area contributed by atoms with E-state index in [1.807, 2.05) is 18.2 Å². The van der Waals surface area contributed by atoms with E-state index in [2.05, 4.69) is 219 Å². The van der Waals surface area contributed by atoms with Crippen LogP contribution in [0.4, 0.5) is 0 Å². The molecule has 0 bridgehead atoms. The molecular formula is C62H42N4. The summed E-state index contributed by atoms with van der Waals surface area (Å²) < 4.78 is 2.40. The van der Waals surface area contributed by atoms with Crippen LogP contribution in [0.2, 0.25) is 0 Å². The summed E-state index contributed by atoms with van der Waals surface area (Å²) in [6.45, 7) is 4.65. The van der Waals surface area contributed by atoms with E-state index in [1.165, 1.54) is 49.4 Å². The molecule has 12 aromatic rings. The molecule has 66 heavy (non-hydrogen) atoms. The van der Waals surface area contributed by atoms with Gasteiger partial charge in [-0.2, -0.15) is 0 Å². The highest BCUT2D eigenvalue weighted by atomic mass is 15.0. The van der Waals surface area contributed by atoms with Crippen LogP contribution in [0.15, 0.2) is 218 Å². The van der Waals surface area contributed by atoms with Crippen molar-refractivity contribution < 1.29 is 0 Å². The van der Waals surface area contributed by atoms with Gasteiger partial charge in [-0.15, -0.1) is 0 Å². The maximum atomic E-state index is 5.59. The number of aromatic nitrogens is 4. The van der Waals surface area contributed by atoms with Crippen LogP contribution in [0.25, 0.3) is 117 Å². The predicted molar refractivity (Wildman–Crippen MR) is 274 cm³/mol. The van der Waals surface area contributed by atoms with Crippen LogP contribution in [0.3, 0.4) is 0 Å². The molecule has 1 aliphatic rings. The molecule has 3 aromatic heterocycles. The number of nitrogens with zero attached hydrogens (tertiary/aromatic N) is 4. The van der Waals surface area contributed by atoms with Gasteiger partial charge in [-0.3, -0.25) is 0 Å². The van der Waals surface area contributed by atoms with E-state index >= 15 is 0 Å². The van der Waals surface area contributed by atoms with Crippen LogP contribution in [0.5, 0.6) is 0 Å². The summed E-state index contributed by atoms with van der Waals surface area (Å²) in [7, 11) is 0. The molecule has 0 saturated heterocycles. The first-order valence-electron chi connectivity index (χ1n) is 22.7. The van der Waals surface area contributed by atoms with Gasteiger partial charge in [0, 0.05) is 60.5 Å². The SMILES string of the molecule is CC1(C)c2ccccc2-c2ccc(-c3cc(-c4ccc(-c5cccc6c5nc(-c5ccccc5)c5cc7c8ccccc8n(-c8ccccc8)c7cc56)cc4)nc(-c4ccccc4)n3)cc21. The molecule has 3 heterocycles.